The van der Waals surface area contributed by atoms with Crippen LogP contribution < -0.4 is 0 Å². The number of aliphatic hydroxyl groups excluding tert-OH is 2. The Morgan fingerprint density at radius 2 is 0.525 bits per heavy atom. The summed E-state index contributed by atoms with van der Waals surface area (Å²) in [5.74, 6) is -1.59. The monoisotopic (exact) mass is 1460 g/mol. The molecule has 0 aromatic heterocycles. The summed E-state index contributed by atoms with van der Waals surface area (Å²) in [5.41, 5.74) is 0. The highest BCUT2D eigenvalue weighted by Gasteiger charge is 2.29. The molecule has 0 saturated carbocycles. The van der Waals surface area contributed by atoms with Gasteiger partial charge in [-0.25, -0.2) is 9.13 Å². The van der Waals surface area contributed by atoms with E-state index in [1.807, 2.05) is 0 Å². The molecular formula is C83H144O16P2. The summed E-state index contributed by atoms with van der Waals surface area (Å²) in [6, 6.07) is 0. The van der Waals surface area contributed by atoms with Crippen LogP contribution in [0.3, 0.4) is 0 Å². The van der Waals surface area contributed by atoms with Crippen molar-refractivity contribution in [2.24, 2.45) is 0 Å². The Kier molecular flexibility index (Phi) is 72.6. The Bertz CT molecular complexity index is 2320. The van der Waals surface area contributed by atoms with E-state index < -0.39 is 91.5 Å². The third-order valence-corrected chi connectivity index (χ3v) is 18.6. The lowest BCUT2D eigenvalue weighted by Crippen LogP contribution is -2.30. The van der Waals surface area contributed by atoms with Crippen LogP contribution in [0.5, 0.6) is 0 Å². The summed E-state index contributed by atoms with van der Waals surface area (Å²) < 4.78 is 61.0. The van der Waals surface area contributed by atoms with E-state index in [4.69, 9.17) is 32.3 Å². The molecule has 0 amide bonds. The molecule has 0 rings (SSSR count). The zero-order valence-electron chi connectivity index (χ0n) is 63.5. The lowest BCUT2D eigenvalue weighted by atomic mass is 10.0. The van der Waals surface area contributed by atoms with Crippen molar-refractivity contribution in [1.82, 2.24) is 0 Å². The number of carbonyl (C=O) groups is 3. The summed E-state index contributed by atoms with van der Waals surface area (Å²) in [5, 5.41) is 20.6. The van der Waals surface area contributed by atoms with Crippen molar-refractivity contribution in [3.8, 4) is 0 Å². The number of hydrogen-bond donors (Lipinski definition) is 4. The Labute approximate surface area is 614 Å². The molecule has 0 aromatic rings. The Hall–Kier alpha value is -4.05. The first kappa shape index (κ1) is 97.0. The summed E-state index contributed by atoms with van der Waals surface area (Å²) in [6.45, 7) is 2.52. The van der Waals surface area contributed by atoms with Gasteiger partial charge in [0, 0.05) is 19.3 Å². The predicted molar refractivity (Wildman–Crippen MR) is 417 cm³/mol. The van der Waals surface area contributed by atoms with Crippen LogP contribution >= 0.6 is 15.6 Å². The molecule has 582 valence electrons. The topological polar surface area (TPSA) is 231 Å². The van der Waals surface area contributed by atoms with Crippen LogP contribution in [0.1, 0.15) is 329 Å². The zero-order chi connectivity index (χ0) is 73.7. The average Bonchev–Trinajstić information content (AvgIpc) is 0.948. The molecule has 0 saturated heterocycles. The summed E-state index contributed by atoms with van der Waals surface area (Å²) in [4.78, 5) is 58.5. The maximum atomic E-state index is 12.9. The van der Waals surface area contributed by atoms with Gasteiger partial charge in [0.05, 0.1) is 26.4 Å². The van der Waals surface area contributed by atoms with Crippen molar-refractivity contribution in [1.29, 1.82) is 0 Å². The SMILES string of the molecule is CC/C=C\C/C=C\C/C=C\C/C=C\C/C=C\C/C=C\CCCCCCCCCCCCCCCCC(=O)OCC(O)COP(=O)(O)OCC(O)COP(=O)(O)OCC(COC(=O)CCCCCCC/C=C\C/C=C\C/C=C\C/C=C\CCCCC)OC(=O)CCCCCCCCCCCCC. The third kappa shape index (κ3) is 76.9. The molecule has 0 aliphatic carbocycles. The average molecular weight is 1460 g/mol. The molecule has 0 bridgehead atoms. The van der Waals surface area contributed by atoms with Crippen LogP contribution in [0.15, 0.2) is 122 Å². The molecule has 5 unspecified atom stereocenters. The number of allylic oxidation sites excluding steroid dienone is 20. The first-order chi connectivity index (χ1) is 49.2. The minimum atomic E-state index is -4.93. The highest BCUT2D eigenvalue weighted by molar-refractivity contribution is 7.47. The summed E-state index contributed by atoms with van der Waals surface area (Å²) in [6.07, 6.45) is 89.8. The quantitative estimate of drug-likeness (QED) is 0.0146. The molecule has 101 heavy (non-hydrogen) atoms. The van der Waals surface area contributed by atoms with Crippen LogP contribution in [0.2, 0.25) is 0 Å². The van der Waals surface area contributed by atoms with Gasteiger partial charge in [-0.15, -0.1) is 0 Å². The highest BCUT2D eigenvalue weighted by Crippen LogP contribution is 2.45. The van der Waals surface area contributed by atoms with Crippen LogP contribution in [0.25, 0.3) is 0 Å². The van der Waals surface area contributed by atoms with Gasteiger partial charge >= 0.3 is 33.6 Å². The zero-order valence-corrected chi connectivity index (χ0v) is 65.3. The van der Waals surface area contributed by atoms with E-state index in [0.29, 0.717) is 19.3 Å². The molecule has 5 atom stereocenters. The van der Waals surface area contributed by atoms with E-state index in [9.17, 15) is 43.5 Å². The van der Waals surface area contributed by atoms with Crippen LogP contribution in [-0.2, 0) is 55.8 Å². The number of rotatable bonds is 75. The second-order valence-electron chi connectivity index (χ2n) is 26.5. The molecule has 18 heteroatoms. The number of aliphatic hydroxyl groups is 2. The maximum absolute atomic E-state index is 12.9. The van der Waals surface area contributed by atoms with Crippen LogP contribution in [-0.4, -0.2) is 95.9 Å². The molecule has 0 radical (unpaired) electrons. The van der Waals surface area contributed by atoms with Gasteiger partial charge in [0.2, 0.25) is 0 Å². The van der Waals surface area contributed by atoms with Crippen LogP contribution in [0, 0.1) is 0 Å². The molecule has 0 aromatic carbocycles. The number of hydrogen-bond acceptors (Lipinski definition) is 14. The van der Waals surface area contributed by atoms with Crippen molar-refractivity contribution in [3.63, 3.8) is 0 Å². The normalized spacial score (nSPS) is 14.6. The third-order valence-electron chi connectivity index (χ3n) is 16.7. The minimum Gasteiger partial charge on any atom is -0.463 e. The van der Waals surface area contributed by atoms with Gasteiger partial charge in [-0.2, -0.15) is 0 Å². The lowest BCUT2D eigenvalue weighted by molar-refractivity contribution is -0.161. The molecule has 4 N–H and O–H groups in total. The molecule has 0 spiro atoms. The van der Waals surface area contributed by atoms with Gasteiger partial charge in [-0.3, -0.25) is 32.5 Å². The minimum absolute atomic E-state index is 0.102. The number of unbranched alkanes of at least 4 members (excludes halogenated alkanes) is 32. The van der Waals surface area contributed by atoms with Crippen molar-refractivity contribution >= 4 is 33.6 Å². The van der Waals surface area contributed by atoms with Crippen molar-refractivity contribution < 1.29 is 75.8 Å². The molecule has 0 heterocycles. The maximum Gasteiger partial charge on any atom is 0.472 e. The predicted octanol–water partition coefficient (Wildman–Crippen LogP) is 23.3. The van der Waals surface area contributed by atoms with Gasteiger partial charge in [0.1, 0.15) is 25.4 Å². The van der Waals surface area contributed by atoms with Crippen molar-refractivity contribution in [2.75, 3.05) is 39.6 Å². The highest BCUT2D eigenvalue weighted by atomic mass is 31.2. The summed E-state index contributed by atoms with van der Waals surface area (Å²) in [7, 11) is -9.78. The van der Waals surface area contributed by atoms with Gasteiger partial charge in [-0.1, -0.05) is 316 Å². The van der Waals surface area contributed by atoms with Crippen LogP contribution in [0.4, 0.5) is 0 Å². The molecule has 16 nitrogen and oxygen atoms in total. The van der Waals surface area contributed by atoms with E-state index in [0.717, 1.165) is 141 Å². The van der Waals surface area contributed by atoms with Crippen molar-refractivity contribution in [3.05, 3.63) is 122 Å². The molecule has 0 fully saturated rings. The second kappa shape index (κ2) is 75.6. The van der Waals surface area contributed by atoms with Gasteiger partial charge < -0.3 is 34.2 Å². The number of esters is 3. The van der Waals surface area contributed by atoms with Gasteiger partial charge in [-0.05, 0) is 116 Å². The first-order valence-corrected chi connectivity index (χ1v) is 42.8. The smallest absolute Gasteiger partial charge is 0.463 e. The Balaban J connectivity index is 4.39. The Morgan fingerprint density at radius 3 is 0.851 bits per heavy atom. The fourth-order valence-corrected chi connectivity index (χ4v) is 12.2. The number of phosphoric acid groups is 2. The first-order valence-electron chi connectivity index (χ1n) is 39.8. The molecule has 0 aliphatic heterocycles. The fraction of sp³-hybridized carbons (Fsp3) is 0.723. The summed E-state index contributed by atoms with van der Waals surface area (Å²) >= 11 is 0. The van der Waals surface area contributed by atoms with Gasteiger partial charge in [0.15, 0.2) is 6.10 Å². The van der Waals surface area contributed by atoms with E-state index in [1.165, 1.54) is 128 Å². The van der Waals surface area contributed by atoms with E-state index in [-0.39, 0.29) is 19.3 Å². The molecule has 0 aliphatic rings. The Morgan fingerprint density at radius 1 is 0.287 bits per heavy atom. The van der Waals surface area contributed by atoms with Gasteiger partial charge in [0.25, 0.3) is 0 Å². The second-order valence-corrected chi connectivity index (χ2v) is 29.4. The largest absolute Gasteiger partial charge is 0.472 e. The number of carbonyl (C=O) groups excluding carboxylic acids is 3. The fourth-order valence-electron chi connectivity index (χ4n) is 10.6. The van der Waals surface area contributed by atoms with E-state index in [2.05, 4.69) is 142 Å². The molecular weight excluding hydrogens is 1310 g/mol. The van der Waals surface area contributed by atoms with E-state index in [1.54, 1.807) is 0 Å². The van der Waals surface area contributed by atoms with E-state index >= 15 is 0 Å². The standard InChI is InChI=1S/C83H144O16P2/c1-4-7-10-13-16-19-22-24-26-28-30-32-33-34-35-36-37-38-39-40-41-42-43-45-47-48-50-52-55-57-60-63-66-69-81(86)93-72-78(84)73-95-100(89,90)96-74-79(85)75-97-101(91,92)98-77-80(99-83(88)71-68-65-62-59-54-21-18-15-12-9-6-3)76-94-82(87)70-67-64-61-58-56-53-51-49-46-44-31-29-27-25-23-20-17-14-11-8-5-2/h7,10,16-17,19-20,24-27,30-32,34-35,37-38,44,49,51,78-80,84-85H,4-6,8-9,11-15,18,21-23,28-29,33,36,39-43,45-48,50,52-77H2,1-3H3,(H,89,90)(H,91,92)/b10-7-,19-16-,20-17-,26-24-,27-25-,32-30-,35-34-,38-37-,44-31-,51-49-. The number of ether oxygens (including phenoxy) is 3. The van der Waals surface area contributed by atoms with Crippen molar-refractivity contribution in [2.45, 2.75) is 347 Å². The number of phosphoric ester groups is 2. The lowest BCUT2D eigenvalue weighted by Gasteiger charge is -2.21.